The van der Waals surface area contributed by atoms with E-state index in [1.807, 2.05) is 59.5 Å². The van der Waals surface area contributed by atoms with Gasteiger partial charge in [-0.05, 0) is 35.9 Å². The molecule has 1 fully saturated rings. The smallest absolute Gasteiger partial charge is 0.317 e. The maximum atomic E-state index is 13.4. The van der Waals surface area contributed by atoms with Gasteiger partial charge in [0.15, 0.2) is 0 Å². The van der Waals surface area contributed by atoms with Crippen LogP contribution in [0.5, 0.6) is 5.75 Å². The van der Waals surface area contributed by atoms with Crippen molar-refractivity contribution in [2.45, 2.75) is 19.6 Å². The number of methoxy groups -OCH3 is 1. The molecule has 1 N–H and O–H groups in total. The zero-order valence-corrected chi connectivity index (χ0v) is 20.4. The fraction of sp³-hybridized carbons (Fsp3) is 0.286. The van der Waals surface area contributed by atoms with Gasteiger partial charge in [0.2, 0.25) is 0 Å². The van der Waals surface area contributed by atoms with Gasteiger partial charge in [0.05, 0.1) is 24.7 Å². The Hall–Kier alpha value is -3.91. The number of amides is 2. The molecule has 7 nitrogen and oxygen atoms in total. The number of aromatic nitrogens is 2. The molecule has 1 aliphatic rings. The highest BCUT2D eigenvalue weighted by molar-refractivity contribution is 5.76. The summed E-state index contributed by atoms with van der Waals surface area (Å²) < 4.78 is 21.0. The molecule has 0 radical (unpaired) electrons. The second-order valence-corrected chi connectivity index (χ2v) is 8.96. The molecule has 186 valence electrons. The van der Waals surface area contributed by atoms with Crippen LogP contribution in [-0.4, -0.2) is 58.7 Å². The van der Waals surface area contributed by atoms with E-state index in [9.17, 15) is 9.18 Å². The number of para-hydroxylation sites is 3. The molecular weight excluding hydrogens is 457 g/mol. The quantitative estimate of drug-likeness (QED) is 0.423. The Bertz CT molecular complexity index is 1330. The summed E-state index contributed by atoms with van der Waals surface area (Å²) in [6.45, 7) is 4.57. The molecule has 0 spiro atoms. The van der Waals surface area contributed by atoms with Gasteiger partial charge < -0.3 is 19.5 Å². The van der Waals surface area contributed by atoms with Crippen LogP contribution in [0.15, 0.2) is 72.8 Å². The maximum Gasteiger partial charge on any atom is 0.317 e. The van der Waals surface area contributed by atoms with E-state index in [-0.39, 0.29) is 11.8 Å². The number of hydrogen-bond acceptors (Lipinski definition) is 4. The van der Waals surface area contributed by atoms with Crippen LogP contribution in [0.4, 0.5) is 9.18 Å². The third kappa shape index (κ3) is 5.33. The Morgan fingerprint density at radius 1 is 0.944 bits per heavy atom. The van der Waals surface area contributed by atoms with Gasteiger partial charge >= 0.3 is 6.03 Å². The number of imidazole rings is 1. The number of carbonyl (C=O) groups excluding carboxylic acids is 1. The lowest BCUT2D eigenvalue weighted by molar-refractivity contribution is 0.132. The molecule has 2 heterocycles. The van der Waals surface area contributed by atoms with Crippen molar-refractivity contribution < 1.29 is 13.9 Å². The molecule has 5 rings (SSSR count). The molecule has 0 atom stereocenters. The SMILES string of the molecule is COc1ccccc1CNC(=O)N1CCN(Cc2nc3ccccc3n2Cc2ccc(F)cc2)CC1. The van der Waals surface area contributed by atoms with Crippen LogP contribution in [0.25, 0.3) is 11.0 Å². The summed E-state index contributed by atoms with van der Waals surface area (Å²) in [6, 6.07) is 22.3. The first-order chi connectivity index (χ1) is 17.6. The Labute approximate surface area is 210 Å². The second-order valence-electron chi connectivity index (χ2n) is 8.96. The first-order valence-electron chi connectivity index (χ1n) is 12.2. The number of carbonyl (C=O) groups is 1. The summed E-state index contributed by atoms with van der Waals surface area (Å²) in [4.78, 5) is 21.8. The summed E-state index contributed by atoms with van der Waals surface area (Å²) >= 11 is 0. The Balaban J connectivity index is 1.21. The molecule has 1 saturated heterocycles. The van der Waals surface area contributed by atoms with Crippen molar-refractivity contribution in [2.75, 3.05) is 33.3 Å². The van der Waals surface area contributed by atoms with Crippen LogP contribution < -0.4 is 10.1 Å². The van der Waals surface area contributed by atoms with Gasteiger partial charge in [-0.2, -0.15) is 0 Å². The Kier molecular flexibility index (Phi) is 7.13. The molecule has 0 bridgehead atoms. The number of nitrogens with one attached hydrogen (secondary N) is 1. The fourth-order valence-corrected chi connectivity index (χ4v) is 4.64. The van der Waals surface area contributed by atoms with E-state index in [4.69, 9.17) is 9.72 Å². The molecule has 4 aromatic rings. The highest BCUT2D eigenvalue weighted by atomic mass is 19.1. The van der Waals surface area contributed by atoms with E-state index in [2.05, 4.69) is 20.9 Å². The predicted octanol–water partition coefficient (Wildman–Crippen LogP) is 4.26. The van der Waals surface area contributed by atoms with Crippen molar-refractivity contribution in [3.8, 4) is 5.75 Å². The van der Waals surface area contributed by atoms with Crippen molar-refractivity contribution >= 4 is 17.1 Å². The lowest BCUT2D eigenvalue weighted by atomic mass is 10.2. The van der Waals surface area contributed by atoms with Crippen LogP contribution in [0.2, 0.25) is 0 Å². The number of fused-ring (bicyclic) bond motifs is 1. The lowest BCUT2D eigenvalue weighted by Crippen LogP contribution is -2.51. The summed E-state index contributed by atoms with van der Waals surface area (Å²) in [5, 5.41) is 3.01. The summed E-state index contributed by atoms with van der Waals surface area (Å²) in [5.41, 5.74) is 3.99. The van der Waals surface area contributed by atoms with E-state index in [1.54, 1.807) is 7.11 Å². The topological polar surface area (TPSA) is 62.6 Å². The van der Waals surface area contributed by atoms with Gasteiger partial charge in [-0.3, -0.25) is 4.90 Å². The summed E-state index contributed by atoms with van der Waals surface area (Å²) in [5.74, 6) is 1.50. The fourth-order valence-electron chi connectivity index (χ4n) is 4.64. The molecule has 3 aromatic carbocycles. The molecule has 1 aliphatic heterocycles. The van der Waals surface area contributed by atoms with Gasteiger partial charge in [0.25, 0.3) is 0 Å². The number of benzene rings is 3. The molecule has 1 aromatic heterocycles. The van der Waals surface area contributed by atoms with E-state index < -0.39 is 0 Å². The monoisotopic (exact) mass is 487 g/mol. The van der Waals surface area contributed by atoms with Crippen molar-refractivity contribution in [1.29, 1.82) is 0 Å². The van der Waals surface area contributed by atoms with Crippen LogP contribution in [0.3, 0.4) is 0 Å². The maximum absolute atomic E-state index is 13.4. The number of halogens is 1. The number of nitrogens with zero attached hydrogens (tertiary/aromatic N) is 4. The van der Waals surface area contributed by atoms with Crippen LogP contribution in [-0.2, 0) is 19.6 Å². The number of hydrogen-bond donors (Lipinski definition) is 1. The average molecular weight is 488 g/mol. The van der Waals surface area contributed by atoms with Gasteiger partial charge in [0, 0.05) is 44.8 Å². The minimum atomic E-state index is -0.237. The predicted molar refractivity (Wildman–Crippen MR) is 137 cm³/mol. The number of urea groups is 1. The van der Waals surface area contributed by atoms with Crippen LogP contribution in [0.1, 0.15) is 17.0 Å². The molecule has 0 aliphatic carbocycles. The van der Waals surface area contributed by atoms with Crippen LogP contribution in [0, 0.1) is 5.82 Å². The van der Waals surface area contributed by atoms with Crippen molar-refractivity contribution in [2.24, 2.45) is 0 Å². The van der Waals surface area contributed by atoms with Gasteiger partial charge in [-0.1, -0.05) is 42.5 Å². The first kappa shape index (κ1) is 23.8. The average Bonchev–Trinajstić information content (AvgIpc) is 3.25. The minimum absolute atomic E-state index is 0.0656. The largest absolute Gasteiger partial charge is 0.496 e. The van der Waals surface area contributed by atoms with Crippen molar-refractivity contribution in [3.63, 3.8) is 0 Å². The van der Waals surface area contributed by atoms with Crippen molar-refractivity contribution in [1.82, 2.24) is 24.7 Å². The zero-order chi connectivity index (χ0) is 24.9. The first-order valence-corrected chi connectivity index (χ1v) is 12.2. The zero-order valence-electron chi connectivity index (χ0n) is 20.4. The number of ether oxygens (including phenoxy) is 1. The third-order valence-electron chi connectivity index (χ3n) is 6.63. The Morgan fingerprint density at radius 2 is 1.67 bits per heavy atom. The highest BCUT2D eigenvalue weighted by Gasteiger charge is 2.23. The standard InChI is InChI=1S/C28H30FN5O2/c1-36-26-9-5-2-6-22(26)18-30-28(35)33-16-14-32(15-17-33)20-27-31-24-7-3-4-8-25(24)34(27)19-21-10-12-23(29)13-11-21/h2-13H,14-20H2,1H3,(H,30,35). The van der Waals surface area contributed by atoms with Crippen LogP contribution >= 0.6 is 0 Å². The van der Waals surface area contributed by atoms with Crippen molar-refractivity contribution in [3.05, 3.63) is 95.6 Å². The molecule has 0 saturated carbocycles. The third-order valence-corrected chi connectivity index (χ3v) is 6.63. The Morgan fingerprint density at radius 3 is 2.44 bits per heavy atom. The molecule has 8 heteroatoms. The van der Waals surface area contributed by atoms with Gasteiger partial charge in [0.1, 0.15) is 17.4 Å². The van der Waals surface area contributed by atoms with E-state index >= 15 is 0 Å². The number of piperazine rings is 1. The second kappa shape index (κ2) is 10.8. The minimum Gasteiger partial charge on any atom is -0.496 e. The number of rotatable bonds is 7. The molecule has 2 amide bonds. The summed E-state index contributed by atoms with van der Waals surface area (Å²) in [6.07, 6.45) is 0. The molecular formula is C28H30FN5O2. The normalized spacial score (nSPS) is 14.2. The van der Waals surface area contributed by atoms with E-state index in [0.29, 0.717) is 32.7 Å². The van der Waals surface area contributed by atoms with E-state index in [1.165, 1.54) is 12.1 Å². The van der Waals surface area contributed by atoms with Gasteiger partial charge in [-0.15, -0.1) is 0 Å². The molecule has 36 heavy (non-hydrogen) atoms. The van der Waals surface area contributed by atoms with E-state index in [0.717, 1.165) is 46.8 Å². The lowest BCUT2D eigenvalue weighted by Gasteiger charge is -2.34. The van der Waals surface area contributed by atoms with Gasteiger partial charge in [-0.25, -0.2) is 14.2 Å². The molecule has 0 unspecified atom stereocenters. The highest BCUT2D eigenvalue weighted by Crippen LogP contribution is 2.20. The summed E-state index contributed by atoms with van der Waals surface area (Å²) in [7, 11) is 1.63.